The topological polar surface area (TPSA) is 9.23 Å². The molecule has 0 aromatic heterocycles. The lowest BCUT2D eigenvalue weighted by Crippen LogP contribution is -1.87. The van der Waals surface area contributed by atoms with Crippen LogP contribution in [0, 0.1) is 13.8 Å². The third-order valence-corrected chi connectivity index (χ3v) is 3.13. The number of aryl methyl sites for hydroxylation is 2. The summed E-state index contributed by atoms with van der Waals surface area (Å²) in [5.74, 6) is 1.40. The average Bonchev–Trinajstić information content (AvgIpc) is 2.26. The molecule has 0 amide bonds. The summed E-state index contributed by atoms with van der Waals surface area (Å²) in [6.07, 6.45) is 0. The molecule has 0 spiro atoms. The van der Waals surface area contributed by atoms with Crippen molar-refractivity contribution in [1.29, 1.82) is 0 Å². The van der Waals surface area contributed by atoms with Gasteiger partial charge in [-0.25, -0.2) is 0 Å². The van der Waals surface area contributed by atoms with E-state index in [2.05, 4.69) is 0 Å². The first-order valence-electron chi connectivity index (χ1n) is 5.26. The van der Waals surface area contributed by atoms with Crippen LogP contribution in [0.5, 0.6) is 11.5 Å². The quantitative estimate of drug-likeness (QED) is 0.707. The zero-order chi connectivity index (χ0) is 12.4. The highest BCUT2D eigenvalue weighted by atomic mass is 35.5. The van der Waals surface area contributed by atoms with Crippen molar-refractivity contribution < 1.29 is 4.74 Å². The van der Waals surface area contributed by atoms with Gasteiger partial charge in [0.05, 0.1) is 5.02 Å². The summed E-state index contributed by atoms with van der Waals surface area (Å²) in [5.41, 5.74) is 2.09. The molecular formula is C14H12Cl2O. The highest BCUT2D eigenvalue weighted by Crippen LogP contribution is 2.33. The molecule has 1 nitrogen and oxygen atoms in total. The van der Waals surface area contributed by atoms with Crippen molar-refractivity contribution in [3.8, 4) is 11.5 Å². The molecule has 0 heterocycles. The largest absolute Gasteiger partial charge is 0.456 e. The van der Waals surface area contributed by atoms with Crippen LogP contribution in [-0.2, 0) is 0 Å². The first-order valence-corrected chi connectivity index (χ1v) is 6.02. The summed E-state index contributed by atoms with van der Waals surface area (Å²) in [7, 11) is 0. The molecule has 88 valence electrons. The molecule has 17 heavy (non-hydrogen) atoms. The first-order chi connectivity index (χ1) is 8.06. The van der Waals surface area contributed by atoms with Crippen molar-refractivity contribution in [2.75, 3.05) is 0 Å². The smallest absolute Gasteiger partial charge is 0.146 e. The number of rotatable bonds is 2. The molecule has 0 aliphatic rings. The lowest BCUT2D eigenvalue weighted by atomic mass is 10.2. The lowest BCUT2D eigenvalue weighted by molar-refractivity contribution is 0.482. The molecule has 0 saturated heterocycles. The monoisotopic (exact) mass is 266 g/mol. The predicted octanol–water partition coefficient (Wildman–Crippen LogP) is 5.40. The average molecular weight is 267 g/mol. The van der Waals surface area contributed by atoms with Crippen LogP contribution in [0.4, 0.5) is 0 Å². The first kappa shape index (κ1) is 12.3. The van der Waals surface area contributed by atoms with Gasteiger partial charge in [-0.3, -0.25) is 0 Å². The van der Waals surface area contributed by atoms with E-state index < -0.39 is 0 Å². The van der Waals surface area contributed by atoms with Gasteiger partial charge in [0.15, 0.2) is 0 Å². The molecule has 2 aromatic rings. The predicted molar refractivity (Wildman–Crippen MR) is 72.5 cm³/mol. The van der Waals surface area contributed by atoms with Crippen molar-refractivity contribution in [3.05, 3.63) is 57.6 Å². The van der Waals surface area contributed by atoms with Crippen molar-refractivity contribution in [1.82, 2.24) is 0 Å². The summed E-state index contributed by atoms with van der Waals surface area (Å²) >= 11 is 12.1. The summed E-state index contributed by atoms with van der Waals surface area (Å²) in [4.78, 5) is 0. The van der Waals surface area contributed by atoms with Crippen LogP contribution in [0.25, 0.3) is 0 Å². The van der Waals surface area contributed by atoms with Crippen LogP contribution in [0.3, 0.4) is 0 Å². The number of ether oxygens (including phenoxy) is 1. The van der Waals surface area contributed by atoms with Crippen molar-refractivity contribution in [2.45, 2.75) is 13.8 Å². The highest BCUT2D eigenvalue weighted by molar-refractivity contribution is 6.36. The molecule has 2 aromatic carbocycles. The normalized spacial score (nSPS) is 10.4. The Hall–Kier alpha value is -1.18. The second-order valence-corrected chi connectivity index (χ2v) is 4.76. The zero-order valence-electron chi connectivity index (χ0n) is 9.63. The van der Waals surface area contributed by atoms with Crippen molar-refractivity contribution >= 4 is 23.2 Å². The Labute approximate surface area is 111 Å². The van der Waals surface area contributed by atoms with Crippen LogP contribution in [0.15, 0.2) is 36.4 Å². The molecule has 0 atom stereocenters. The Balaban J connectivity index is 2.33. The van der Waals surface area contributed by atoms with E-state index in [-0.39, 0.29) is 0 Å². The van der Waals surface area contributed by atoms with Gasteiger partial charge in [0.2, 0.25) is 0 Å². The number of halogens is 2. The molecule has 0 fully saturated rings. The van der Waals surface area contributed by atoms with Crippen LogP contribution in [0.1, 0.15) is 11.1 Å². The van der Waals surface area contributed by atoms with E-state index >= 15 is 0 Å². The summed E-state index contributed by atoms with van der Waals surface area (Å²) in [6.45, 7) is 3.93. The van der Waals surface area contributed by atoms with Crippen molar-refractivity contribution in [3.63, 3.8) is 0 Å². The second kappa shape index (κ2) is 4.99. The Kier molecular flexibility index (Phi) is 3.60. The SMILES string of the molecule is Cc1cccc(Oc2cc(C)c(Cl)cc2Cl)c1. The van der Waals surface area contributed by atoms with E-state index in [9.17, 15) is 0 Å². The molecular weight excluding hydrogens is 255 g/mol. The number of hydrogen-bond acceptors (Lipinski definition) is 1. The van der Waals surface area contributed by atoms with Gasteiger partial charge in [0.1, 0.15) is 11.5 Å². The minimum atomic E-state index is 0.516. The molecule has 0 bridgehead atoms. The van der Waals surface area contributed by atoms with Crippen LogP contribution in [-0.4, -0.2) is 0 Å². The van der Waals surface area contributed by atoms with Gasteiger partial charge in [0.25, 0.3) is 0 Å². The maximum atomic E-state index is 6.08. The third kappa shape index (κ3) is 2.93. The van der Waals surface area contributed by atoms with E-state index in [1.54, 1.807) is 6.07 Å². The summed E-state index contributed by atoms with van der Waals surface area (Å²) in [5, 5.41) is 1.16. The fourth-order valence-corrected chi connectivity index (χ4v) is 1.94. The van der Waals surface area contributed by atoms with Crippen LogP contribution < -0.4 is 4.74 Å². The molecule has 0 unspecified atom stereocenters. The summed E-state index contributed by atoms with van der Waals surface area (Å²) in [6, 6.07) is 11.4. The lowest BCUT2D eigenvalue weighted by Gasteiger charge is -2.10. The third-order valence-electron chi connectivity index (χ3n) is 2.43. The highest BCUT2D eigenvalue weighted by Gasteiger charge is 2.06. The van der Waals surface area contributed by atoms with Crippen LogP contribution >= 0.6 is 23.2 Å². The van der Waals surface area contributed by atoms with E-state index in [0.29, 0.717) is 15.8 Å². The standard InChI is InChI=1S/C14H12Cl2O/c1-9-4-3-5-11(6-9)17-14-7-10(2)12(15)8-13(14)16/h3-8H,1-2H3. The second-order valence-electron chi connectivity index (χ2n) is 3.95. The number of benzene rings is 2. The van der Waals surface area contributed by atoms with Crippen molar-refractivity contribution in [2.24, 2.45) is 0 Å². The minimum Gasteiger partial charge on any atom is -0.456 e. The Morgan fingerprint density at radius 2 is 1.71 bits per heavy atom. The molecule has 2 rings (SSSR count). The Morgan fingerprint density at radius 1 is 0.941 bits per heavy atom. The van der Waals surface area contributed by atoms with Gasteiger partial charge in [-0.05, 0) is 49.2 Å². The van der Waals surface area contributed by atoms with E-state index in [1.165, 1.54) is 0 Å². The van der Waals surface area contributed by atoms with Gasteiger partial charge >= 0.3 is 0 Å². The maximum absolute atomic E-state index is 6.08. The minimum absolute atomic E-state index is 0.516. The summed E-state index contributed by atoms with van der Waals surface area (Å²) < 4.78 is 5.74. The fraction of sp³-hybridized carbons (Fsp3) is 0.143. The molecule has 0 saturated carbocycles. The molecule has 3 heteroatoms. The van der Waals surface area contributed by atoms with Gasteiger partial charge in [-0.1, -0.05) is 35.3 Å². The Bertz CT molecular complexity index is 550. The fourth-order valence-electron chi connectivity index (χ4n) is 1.51. The van der Waals surface area contributed by atoms with Gasteiger partial charge in [0, 0.05) is 5.02 Å². The molecule has 0 N–H and O–H groups in total. The molecule has 0 aliphatic heterocycles. The number of hydrogen-bond donors (Lipinski definition) is 0. The molecule has 0 radical (unpaired) electrons. The molecule has 0 aliphatic carbocycles. The van der Waals surface area contributed by atoms with E-state index in [0.717, 1.165) is 16.9 Å². The van der Waals surface area contributed by atoms with Gasteiger partial charge in [-0.15, -0.1) is 0 Å². The van der Waals surface area contributed by atoms with Crippen LogP contribution in [0.2, 0.25) is 10.0 Å². The van der Waals surface area contributed by atoms with Gasteiger partial charge < -0.3 is 4.74 Å². The Morgan fingerprint density at radius 3 is 2.41 bits per heavy atom. The zero-order valence-corrected chi connectivity index (χ0v) is 11.1. The van der Waals surface area contributed by atoms with E-state index in [1.807, 2.05) is 44.2 Å². The van der Waals surface area contributed by atoms with E-state index in [4.69, 9.17) is 27.9 Å². The maximum Gasteiger partial charge on any atom is 0.146 e. The van der Waals surface area contributed by atoms with Gasteiger partial charge in [-0.2, -0.15) is 0 Å².